The number of hydrogen-bond acceptors (Lipinski definition) is 5. The molecule has 4 rings (SSSR count). The maximum Gasteiger partial charge on any atom is 0.272 e. The van der Waals surface area contributed by atoms with Gasteiger partial charge < -0.3 is 0 Å². The number of piperidine rings is 1. The summed E-state index contributed by atoms with van der Waals surface area (Å²) in [6.07, 6.45) is 1.37. The van der Waals surface area contributed by atoms with E-state index in [2.05, 4.69) is 5.10 Å². The molecule has 27 heavy (non-hydrogen) atoms. The lowest BCUT2D eigenvalue weighted by Crippen LogP contribution is -2.39. The van der Waals surface area contributed by atoms with Gasteiger partial charge in [0.25, 0.3) is 5.56 Å². The summed E-state index contributed by atoms with van der Waals surface area (Å²) in [5.74, 6) is 0.225. The minimum atomic E-state index is -3.15. The zero-order valence-electron chi connectivity index (χ0n) is 15.3. The Balaban J connectivity index is 1.66. The first kappa shape index (κ1) is 18.4. The molecule has 1 aliphatic heterocycles. The number of aryl methyl sites for hydroxylation is 1. The molecule has 0 aromatic carbocycles. The van der Waals surface area contributed by atoms with Gasteiger partial charge in [0.15, 0.2) is 5.65 Å². The van der Waals surface area contributed by atoms with E-state index in [1.54, 1.807) is 28.6 Å². The average Bonchev–Trinajstić information content (AvgIpc) is 3.30. The van der Waals surface area contributed by atoms with Gasteiger partial charge in [-0.25, -0.2) is 22.2 Å². The Hall–Kier alpha value is -1.97. The maximum absolute atomic E-state index is 12.6. The van der Waals surface area contributed by atoms with Gasteiger partial charge in [0.05, 0.1) is 22.0 Å². The van der Waals surface area contributed by atoms with Gasteiger partial charge in [-0.1, -0.05) is 6.07 Å². The van der Waals surface area contributed by atoms with Crippen molar-refractivity contribution in [2.75, 3.05) is 18.8 Å². The molecule has 1 N–H and O–H groups in total. The van der Waals surface area contributed by atoms with E-state index < -0.39 is 10.0 Å². The van der Waals surface area contributed by atoms with E-state index in [0.29, 0.717) is 31.6 Å². The molecule has 3 aromatic heterocycles. The molecule has 0 spiro atoms. The van der Waals surface area contributed by atoms with E-state index in [4.69, 9.17) is 4.98 Å². The van der Waals surface area contributed by atoms with Gasteiger partial charge >= 0.3 is 0 Å². The van der Waals surface area contributed by atoms with Crippen molar-refractivity contribution in [3.05, 3.63) is 45.2 Å². The maximum atomic E-state index is 12.6. The van der Waals surface area contributed by atoms with E-state index in [1.807, 2.05) is 24.4 Å². The normalized spacial score (nSPS) is 17.0. The first-order valence-corrected chi connectivity index (χ1v) is 11.5. The molecule has 1 saturated heterocycles. The van der Waals surface area contributed by atoms with Crippen molar-refractivity contribution in [2.45, 2.75) is 32.6 Å². The molecular weight excluding hydrogens is 384 g/mol. The highest BCUT2D eigenvalue weighted by atomic mass is 32.2. The number of nitrogens with one attached hydrogen (secondary N) is 1. The number of nitrogens with zero attached hydrogens (tertiary/aromatic N) is 3. The van der Waals surface area contributed by atoms with Gasteiger partial charge in [-0.15, -0.1) is 11.3 Å². The number of fused-ring (bicyclic) bond motifs is 1. The molecule has 0 unspecified atom stereocenters. The predicted octanol–water partition coefficient (Wildman–Crippen LogP) is 2.59. The standard InChI is InChI=1S/C18H22N4O3S2/c1-3-27(24,25)21-8-6-13(7-9-21)14-11-16(23)22-18(19-14)12(2)17(20-22)15-5-4-10-26-15/h4-5,10-11,13,20H,3,6-9H2,1-2H3. The molecule has 4 heterocycles. The first-order chi connectivity index (χ1) is 12.9. The average molecular weight is 407 g/mol. The number of aromatic nitrogens is 3. The summed E-state index contributed by atoms with van der Waals surface area (Å²) < 4.78 is 27.1. The van der Waals surface area contributed by atoms with Gasteiger partial charge in [-0.05, 0) is 38.1 Å². The van der Waals surface area contributed by atoms with E-state index in [-0.39, 0.29) is 17.2 Å². The van der Waals surface area contributed by atoms with Crippen LogP contribution in [0.15, 0.2) is 28.4 Å². The van der Waals surface area contributed by atoms with Crippen molar-refractivity contribution in [1.82, 2.24) is 18.9 Å². The number of rotatable bonds is 4. The van der Waals surface area contributed by atoms with E-state index in [0.717, 1.165) is 21.8 Å². The van der Waals surface area contributed by atoms with Crippen LogP contribution in [0.2, 0.25) is 0 Å². The highest BCUT2D eigenvalue weighted by molar-refractivity contribution is 7.89. The van der Waals surface area contributed by atoms with Crippen molar-refractivity contribution in [3.8, 4) is 10.6 Å². The number of H-pyrrole nitrogens is 1. The van der Waals surface area contributed by atoms with Gasteiger partial charge in [0.2, 0.25) is 10.0 Å². The largest absolute Gasteiger partial charge is 0.288 e. The molecule has 3 aromatic rings. The second-order valence-electron chi connectivity index (χ2n) is 6.84. The van der Waals surface area contributed by atoms with Gasteiger partial charge in [-0.2, -0.15) is 0 Å². The molecular formula is C18H22N4O3S2. The van der Waals surface area contributed by atoms with Crippen LogP contribution in [0, 0.1) is 6.92 Å². The van der Waals surface area contributed by atoms with Gasteiger partial charge in [0, 0.05) is 30.6 Å². The second-order valence-corrected chi connectivity index (χ2v) is 10.0. The Morgan fingerprint density at radius 2 is 2.07 bits per heavy atom. The quantitative estimate of drug-likeness (QED) is 0.721. The van der Waals surface area contributed by atoms with E-state index in [1.165, 1.54) is 4.52 Å². The predicted molar refractivity (Wildman–Crippen MR) is 107 cm³/mol. The summed E-state index contributed by atoms with van der Waals surface area (Å²) >= 11 is 1.61. The van der Waals surface area contributed by atoms with Crippen molar-refractivity contribution in [1.29, 1.82) is 0 Å². The molecule has 1 fully saturated rings. The fourth-order valence-electron chi connectivity index (χ4n) is 3.65. The molecule has 1 aliphatic rings. The van der Waals surface area contributed by atoms with Crippen LogP contribution in [0.1, 0.15) is 36.9 Å². The first-order valence-electron chi connectivity index (χ1n) is 9.04. The topological polar surface area (TPSA) is 87.5 Å². The third-order valence-corrected chi connectivity index (χ3v) is 8.04. The SMILES string of the molecule is CCS(=O)(=O)N1CCC(c2cc(=O)n3[nH]c(-c4cccs4)c(C)c3n2)CC1. The number of hydrogen-bond donors (Lipinski definition) is 1. The lowest BCUT2D eigenvalue weighted by molar-refractivity contribution is 0.317. The lowest BCUT2D eigenvalue weighted by Gasteiger charge is -2.30. The molecule has 0 saturated carbocycles. The summed E-state index contributed by atoms with van der Waals surface area (Å²) in [5.41, 5.74) is 3.13. The smallest absolute Gasteiger partial charge is 0.272 e. The summed E-state index contributed by atoms with van der Waals surface area (Å²) in [4.78, 5) is 18.5. The summed E-state index contributed by atoms with van der Waals surface area (Å²) in [7, 11) is -3.15. The molecule has 9 heteroatoms. The Bertz CT molecular complexity index is 1120. The summed E-state index contributed by atoms with van der Waals surface area (Å²) in [6, 6.07) is 5.57. The Morgan fingerprint density at radius 3 is 2.70 bits per heavy atom. The minimum Gasteiger partial charge on any atom is -0.288 e. The third-order valence-electron chi connectivity index (χ3n) is 5.27. The van der Waals surface area contributed by atoms with Crippen molar-refractivity contribution < 1.29 is 8.42 Å². The Morgan fingerprint density at radius 1 is 1.33 bits per heavy atom. The van der Waals surface area contributed by atoms with Crippen molar-refractivity contribution in [2.24, 2.45) is 0 Å². The van der Waals surface area contributed by atoms with Crippen molar-refractivity contribution >= 4 is 27.0 Å². The van der Waals surface area contributed by atoms with Gasteiger partial charge in [-0.3, -0.25) is 9.89 Å². The molecule has 0 bridgehead atoms. The van der Waals surface area contributed by atoms with Gasteiger partial charge in [0.1, 0.15) is 0 Å². The highest BCUT2D eigenvalue weighted by Gasteiger charge is 2.28. The lowest BCUT2D eigenvalue weighted by atomic mass is 9.94. The van der Waals surface area contributed by atoms with Crippen molar-refractivity contribution in [3.63, 3.8) is 0 Å². The number of aromatic amines is 1. The Kier molecular flexibility index (Phi) is 4.69. The zero-order valence-corrected chi connectivity index (χ0v) is 16.9. The van der Waals surface area contributed by atoms with Crippen LogP contribution in [-0.2, 0) is 10.0 Å². The molecule has 0 atom stereocenters. The number of sulfonamides is 1. The van der Waals surface area contributed by atoms with E-state index in [9.17, 15) is 13.2 Å². The number of thiophene rings is 1. The van der Waals surface area contributed by atoms with Crippen LogP contribution >= 0.6 is 11.3 Å². The van der Waals surface area contributed by atoms with E-state index >= 15 is 0 Å². The molecule has 0 amide bonds. The van der Waals surface area contributed by atoms with Crippen LogP contribution in [0.25, 0.3) is 16.2 Å². The monoisotopic (exact) mass is 406 g/mol. The molecule has 0 radical (unpaired) electrons. The zero-order chi connectivity index (χ0) is 19.2. The second kappa shape index (κ2) is 6.88. The summed E-state index contributed by atoms with van der Waals surface area (Å²) in [5, 5.41) is 5.16. The molecule has 144 valence electrons. The minimum absolute atomic E-state index is 0.102. The van der Waals surface area contributed by atoms with Crippen LogP contribution in [-0.4, -0.2) is 46.2 Å². The summed E-state index contributed by atoms with van der Waals surface area (Å²) in [6.45, 7) is 4.59. The van der Waals surface area contributed by atoms with Crippen LogP contribution in [0.4, 0.5) is 0 Å². The third kappa shape index (κ3) is 3.24. The molecule has 7 nitrogen and oxygen atoms in total. The Labute approximate surface area is 161 Å². The van der Waals surface area contributed by atoms with Crippen LogP contribution in [0.3, 0.4) is 0 Å². The fourth-order valence-corrected chi connectivity index (χ4v) is 5.56. The fraction of sp³-hybridized carbons (Fsp3) is 0.444. The molecule has 0 aliphatic carbocycles. The highest BCUT2D eigenvalue weighted by Crippen LogP contribution is 2.30. The van der Waals surface area contributed by atoms with Crippen LogP contribution in [0.5, 0.6) is 0 Å². The van der Waals surface area contributed by atoms with Crippen LogP contribution < -0.4 is 5.56 Å².